The van der Waals surface area contributed by atoms with E-state index in [4.69, 9.17) is 4.74 Å². The fraction of sp³-hybridized carbons (Fsp3) is 0.667. The third kappa shape index (κ3) is 2.64. The van der Waals surface area contributed by atoms with Crippen molar-refractivity contribution >= 4 is 0 Å². The first-order valence-electron chi connectivity index (χ1n) is 8.17. The Balaban J connectivity index is 1.79. The van der Waals surface area contributed by atoms with Crippen LogP contribution in [0, 0.1) is 5.92 Å². The molecule has 0 aromatic heterocycles. The summed E-state index contributed by atoms with van der Waals surface area (Å²) in [6, 6.07) is 9.66. The van der Waals surface area contributed by atoms with Gasteiger partial charge in [-0.25, -0.2) is 0 Å². The van der Waals surface area contributed by atoms with Crippen LogP contribution >= 0.6 is 0 Å². The Bertz CT molecular complexity index is 439. The average Bonchev–Trinajstić information content (AvgIpc) is 3.07. The maximum Gasteiger partial charge on any atom is 0.0627 e. The van der Waals surface area contributed by atoms with Gasteiger partial charge in [0, 0.05) is 12.0 Å². The van der Waals surface area contributed by atoms with Crippen molar-refractivity contribution in [1.29, 1.82) is 0 Å². The molecule has 2 heteroatoms. The molecule has 2 saturated heterocycles. The molecule has 0 spiro atoms. The van der Waals surface area contributed by atoms with Gasteiger partial charge >= 0.3 is 0 Å². The van der Waals surface area contributed by atoms with Crippen molar-refractivity contribution in [2.24, 2.45) is 5.92 Å². The average molecular weight is 273 g/mol. The SMILES string of the molecule is CCNC(c1ccc(C(C)C)cc1)C1CC2CCC1O2. The van der Waals surface area contributed by atoms with Gasteiger partial charge in [0.1, 0.15) is 0 Å². The van der Waals surface area contributed by atoms with Gasteiger partial charge in [-0.3, -0.25) is 0 Å². The predicted molar refractivity (Wildman–Crippen MR) is 83.0 cm³/mol. The van der Waals surface area contributed by atoms with Gasteiger partial charge in [-0.05, 0) is 42.9 Å². The molecule has 0 aliphatic carbocycles. The zero-order chi connectivity index (χ0) is 14.1. The molecular weight excluding hydrogens is 246 g/mol. The van der Waals surface area contributed by atoms with E-state index in [2.05, 4.69) is 50.4 Å². The summed E-state index contributed by atoms with van der Waals surface area (Å²) in [6.07, 6.45) is 4.76. The number of nitrogens with one attached hydrogen (secondary N) is 1. The first-order chi connectivity index (χ1) is 9.69. The number of rotatable bonds is 5. The molecule has 3 rings (SSSR count). The van der Waals surface area contributed by atoms with Crippen LogP contribution in [0.1, 0.15) is 63.1 Å². The molecule has 1 aromatic rings. The van der Waals surface area contributed by atoms with E-state index in [0.29, 0.717) is 30.1 Å². The molecule has 1 aromatic carbocycles. The van der Waals surface area contributed by atoms with E-state index in [-0.39, 0.29) is 0 Å². The second-order valence-corrected chi connectivity index (χ2v) is 6.63. The van der Waals surface area contributed by atoms with Crippen molar-refractivity contribution in [2.45, 2.75) is 64.2 Å². The molecular formula is C18H27NO. The number of benzene rings is 1. The third-order valence-corrected chi connectivity index (χ3v) is 4.97. The normalized spacial score (nSPS) is 30.1. The molecule has 2 bridgehead atoms. The summed E-state index contributed by atoms with van der Waals surface area (Å²) in [4.78, 5) is 0. The summed E-state index contributed by atoms with van der Waals surface area (Å²) < 4.78 is 6.06. The van der Waals surface area contributed by atoms with E-state index in [1.807, 2.05) is 0 Å². The van der Waals surface area contributed by atoms with E-state index in [1.54, 1.807) is 0 Å². The molecule has 2 nitrogen and oxygen atoms in total. The van der Waals surface area contributed by atoms with Crippen LogP contribution < -0.4 is 5.32 Å². The molecule has 1 N–H and O–H groups in total. The number of ether oxygens (including phenoxy) is 1. The van der Waals surface area contributed by atoms with Crippen LogP contribution in [0.25, 0.3) is 0 Å². The molecule has 110 valence electrons. The topological polar surface area (TPSA) is 21.3 Å². The Morgan fingerprint density at radius 3 is 2.35 bits per heavy atom. The predicted octanol–water partition coefficient (Wildman–Crippen LogP) is 4.03. The number of hydrogen-bond donors (Lipinski definition) is 1. The zero-order valence-corrected chi connectivity index (χ0v) is 12.9. The summed E-state index contributed by atoms with van der Waals surface area (Å²) in [6.45, 7) is 7.72. The van der Waals surface area contributed by atoms with Gasteiger partial charge in [0.05, 0.1) is 12.2 Å². The first kappa shape index (κ1) is 14.1. The van der Waals surface area contributed by atoms with Crippen LogP contribution in [0.15, 0.2) is 24.3 Å². The van der Waals surface area contributed by atoms with E-state index < -0.39 is 0 Å². The van der Waals surface area contributed by atoms with Crippen LogP contribution in [0.2, 0.25) is 0 Å². The van der Waals surface area contributed by atoms with Crippen LogP contribution in [0.3, 0.4) is 0 Å². The second kappa shape index (κ2) is 5.87. The molecule has 20 heavy (non-hydrogen) atoms. The third-order valence-electron chi connectivity index (χ3n) is 4.97. The first-order valence-corrected chi connectivity index (χ1v) is 8.17. The molecule has 0 radical (unpaired) electrons. The monoisotopic (exact) mass is 273 g/mol. The van der Waals surface area contributed by atoms with Crippen molar-refractivity contribution in [3.63, 3.8) is 0 Å². The largest absolute Gasteiger partial charge is 0.375 e. The minimum atomic E-state index is 0.455. The number of hydrogen-bond acceptors (Lipinski definition) is 2. The lowest BCUT2D eigenvalue weighted by atomic mass is 9.80. The standard InChI is InChI=1S/C18H27NO/c1-4-19-18(16-11-15-9-10-17(16)20-15)14-7-5-13(6-8-14)12(2)3/h5-8,12,15-19H,4,9-11H2,1-3H3. The summed E-state index contributed by atoms with van der Waals surface area (Å²) in [5, 5.41) is 3.69. The molecule has 4 atom stereocenters. The van der Waals surface area contributed by atoms with Gasteiger partial charge in [-0.2, -0.15) is 0 Å². The van der Waals surface area contributed by atoms with E-state index in [0.717, 1.165) is 6.54 Å². The van der Waals surface area contributed by atoms with Gasteiger partial charge in [-0.15, -0.1) is 0 Å². The van der Waals surface area contributed by atoms with Gasteiger partial charge < -0.3 is 10.1 Å². The smallest absolute Gasteiger partial charge is 0.0627 e. The summed E-state index contributed by atoms with van der Waals surface area (Å²) in [5.41, 5.74) is 2.85. The Hall–Kier alpha value is -0.860. The van der Waals surface area contributed by atoms with Crippen LogP contribution in [0.4, 0.5) is 0 Å². The summed E-state index contributed by atoms with van der Waals surface area (Å²) in [7, 11) is 0. The molecule has 2 fully saturated rings. The molecule has 0 saturated carbocycles. The lowest BCUT2D eigenvalue weighted by molar-refractivity contribution is 0.0858. The number of fused-ring (bicyclic) bond motifs is 2. The fourth-order valence-corrected chi connectivity index (χ4v) is 3.85. The van der Waals surface area contributed by atoms with Crippen LogP contribution in [-0.4, -0.2) is 18.8 Å². The Labute approximate surface area is 122 Å². The minimum Gasteiger partial charge on any atom is -0.375 e. The van der Waals surface area contributed by atoms with E-state index >= 15 is 0 Å². The van der Waals surface area contributed by atoms with Crippen molar-refractivity contribution < 1.29 is 4.74 Å². The van der Waals surface area contributed by atoms with Crippen LogP contribution in [0.5, 0.6) is 0 Å². The quantitative estimate of drug-likeness (QED) is 0.874. The maximum absolute atomic E-state index is 6.06. The van der Waals surface area contributed by atoms with E-state index in [1.165, 1.54) is 30.4 Å². The molecule has 0 amide bonds. The second-order valence-electron chi connectivity index (χ2n) is 6.63. The lowest BCUT2D eigenvalue weighted by Crippen LogP contribution is -2.33. The van der Waals surface area contributed by atoms with Crippen molar-refractivity contribution in [3.05, 3.63) is 35.4 Å². The minimum absolute atomic E-state index is 0.455. The summed E-state index contributed by atoms with van der Waals surface area (Å²) in [5.74, 6) is 1.26. The Kier molecular flexibility index (Phi) is 4.13. The molecule has 2 heterocycles. The van der Waals surface area contributed by atoms with Gasteiger partial charge in [-0.1, -0.05) is 45.0 Å². The molecule has 2 aliphatic rings. The van der Waals surface area contributed by atoms with Crippen molar-refractivity contribution in [1.82, 2.24) is 5.32 Å². The highest BCUT2D eigenvalue weighted by Crippen LogP contribution is 2.44. The molecule has 4 unspecified atom stereocenters. The highest BCUT2D eigenvalue weighted by Gasteiger charge is 2.44. The van der Waals surface area contributed by atoms with Crippen LogP contribution in [-0.2, 0) is 4.74 Å². The van der Waals surface area contributed by atoms with Gasteiger partial charge in [0.15, 0.2) is 0 Å². The fourth-order valence-electron chi connectivity index (χ4n) is 3.85. The van der Waals surface area contributed by atoms with Gasteiger partial charge in [0.2, 0.25) is 0 Å². The van der Waals surface area contributed by atoms with E-state index in [9.17, 15) is 0 Å². The highest BCUT2D eigenvalue weighted by atomic mass is 16.5. The Morgan fingerprint density at radius 1 is 1.15 bits per heavy atom. The lowest BCUT2D eigenvalue weighted by Gasteiger charge is -2.29. The zero-order valence-electron chi connectivity index (χ0n) is 12.9. The van der Waals surface area contributed by atoms with Crippen molar-refractivity contribution in [2.75, 3.05) is 6.54 Å². The van der Waals surface area contributed by atoms with Gasteiger partial charge in [0.25, 0.3) is 0 Å². The highest BCUT2D eigenvalue weighted by molar-refractivity contribution is 5.28. The summed E-state index contributed by atoms with van der Waals surface area (Å²) >= 11 is 0. The maximum atomic E-state index is 6.06. The van der Waals surface area contributed by atoms with Crippen molar-refractivity contribution in [3.8, 4) is 0 Å². The molecule has 2 aliphatic heterocycles. The Morgan fingerprint density at radius 2 is 1.85 bits per heavy atom.